The molecule has 106 valence electrons. The fourth-order valence-electron chi connectivity index (χ4n) is 2.07. The van der Waals surface area contributed by atoms with Crippen molar-refractivity contribution in [1.29, 1.82) is 0 Å². The van der Waals surface area contributed by atoms with E-state index >= 15 is 0 Å². The smallest absolute Gasteiger partial charge is 0.157 e. The molecule has 0 spiro atoms. The molecule has 4 N–H and O–H groups in total. The Bertz CT molecular complexity index is 722. The van der Waals surface area contributed by atoms with Crippen molar-refractivity contribution < 1.29 is 10.2 Å². The Kier molecular flexibility index (Phi) is 3.47. The number of rotatable bonds is 4. The first-order chi connectivity index (χ1) is 10.2. The summed E-state index contributed by atoms with van der Waals surface area (Å²) in [5, 5.41) is 28.8. The molecule has 0 atom stereocenters. The van der Waals surface area contributed by atoms with Crippen LogP contribution >= 0.6 is 0 Å². The Hall–Kier alpha value is -2.95. The number of nitrogens with zero attached hydrogens (tertiary/aromatic N) is 1. The zero-order chi connectivity index (χ0) is 14.7. The minimum atomic E-state index is -0.109. The number of aromatic amines is 1. The summed E-state index contributed by atoms with van der Waals surface area (Å²) in [6.45, 7) is 0.567. The van der Waals surface area contributed by atoms with Crippen molar-refractivity contribution in [3.8, 4) is 22.8 Å². The molecule has 5 nitrogen and oxygen atoms in total. The lowest BCUT2D eigenvalue weighted by Gasteiger charge is -2.08. The molecule has 1 heterocycles. The van der Waals surface area contributed by atoms with Crippen molar-refractivity contribution >= 4 is 5.69 Å². The summed E-state index contributed by atoms with van der Waals surface area (Å²) < 4.78 is 0. The quantitative estimate of drug-likeness (QED) is 0.554. The molecule has 0 fully saturated rings. The van der Waals surface area contributed by atoms with Gasteiger partial charge in [-0.25, -0.2) is 0 Å². The first-order valence-electron chi connectivity index (χ1n) is 6.57. The minimum Gasteiger partial charge on any atom is -0.504 e. The highest BCUT2D eigenvalue weighted by Crippen LogP contribution is 2.25. The van der Waals surface area contributed by atoms with Crippen LogP contribution in [0.5, 0.6) is 11.5 Å². The Morgan fingerprint density at radius 3 is 2.43 bits per heavy atom. The van der Waals surface area contributed by atoms with E-state index in [4.69, 9.17) is 0 Å². The van der Waals surface area contributed by atoms with Gasteiger partial charge in [0.2, 0.25) is 0 Å². The van der Waals surface area contributed by atoms with Crippen LogP contribution in [0.25, 0.3) is 11.3 Å². The van der Waals surface area contributed by atoms with Gasteiger partial charge in [-0.1, -0.05) is 18.2 Å². The summed E-state index contributed by atoms with van der Waals surface area (Å²) in [7, 11) is 0. The van der Waals surface area contributed by atoms with Crippen LogP contribution in [-0.4, -0.2) is 20.4 Å². The van der Waals surface area contributed by atoms with Crippen LogP contribution in [0.15, 0.2) is 54.7 Å². The van der Waals surface area contributed by atoms with Crippen molar-refractivity contribution in [3.05, 3.63) is 60.3 Å². The van der Waals surface area contributed by atoms with E-state index < -0.39 is 0 Å². The van der Waals surface area contributed by atoms with Crippen LogP contribution in [-0.2, 0) is 6.54 Å². The second-order valence-electron chi connectivity index (χ2n) is 4.72. The zero-order valence-corrected chi connectivity index (χ0v) is 11.2. The molecule has 0 amide bonds. The predicted molar refractivity (Wildman–Crippen MR) is 81.1 cm³/mol. The van der Waals surface area contributed by atoms with Gasteiger partial charge in [-0.2, -0.15) is 5.10 Å². The van der Waals surface area contributed by atoms with Gasteiger partial charge in [-0.3, -0.25) is 5.10 Å². The summed E-state index contributed by atoms with van der Waals surface area (Å²) in [6, 6.07) is 14.7. The maximum absolute atomic E-state index is 9.45. The zero-order valence-electron chi connectivity index (χ0n) is 11.2. The molecule has 21 heavy (non-hydrogen) atoms. The summed E-state index contributed by atoms with van der Waals surface area (Å²) in [4.78, 5) is 0. The molecule has 0 saturated heterocycles. The number of hydrogen-bond acceptors (Lipinski definition) is 4. The van der Waals surface area contributed by atoms with Crippen molar-refractivity contribution in [1.82, 2.24) is 10.2 Å². The van der Waals surface area contributed by atoms with Gasteiger partial charge in [0, 0.05) is 18.4 Å². The van der Waals surface area contributed by atoms with Gasteiger partial charge in [0.05, 0.1) is 5.69 Å². The number of aromatic nitrogens is 2. The van der Waals surface area contributed by atoms with Crippen LogP contribution in [0.4, 0.5) is 5.69 Å². The number of aromatic hydroxyl groups is 2. The van der Waals surface area contributed by atoms with Crippen LogP contribution in [0.3, 0.4) is 0 Å². The number of H-pyrrole nitrogens is 1. The van der Waals surface area contributed by atoms with E-state index in [2.05, 4.69) is 15.5 Å². The van der Waals surface area contributed by atoms with E-state index in [1.807, 2.05) is 30.3 Å². The van der Waals surface area contributed by atoms with Gasteiger partial charge in [0.15, 0.2) is 11.5 Å². The van der Waals surface area contributed by atoms with E-state index in [0.29, 0.717) is 6.54 Å². The first kappa shape index (κ1) is 13.1. The van der Waals surface area contributed by atoms with Gasteiger partial charge >= 0.3 is 0 Å². The first-order valence-corrected chi connectivity index (χ1v) is 6.57. The van der Waals surface area contributed by atoms with Gasteiger partial charge in [0.25, 0.3) is 0 Å². The topological polar surface area (TPSA) is 81.2 Å². The number of hydrogen-bond donors (Lipinski definition) is 4. The number of anilines is 1. The molecule has 3 rings (SSSR count). The number of phenolic OH excluding ortho intramolecular Hbond substituents is 2. The van der Waals surface area contributed by atoms with Gasteiger partial charge in [0.1, 0.15) is 0 Å². The van der Waals surface area contributed by atoms with Gasteiger partial charge in [-0.15, -0.1) is 0 Å². The maximum Gasteiger partial charge on any atom is 0.157 e. The van der Waals surface area contributed by atoms with Crippen LogP contribution < -0.4 is 5.32 Å². The molecule has 5 heteroatoms. The molecule has 0 bridgehead atoms. The highest BCUT2D eigenvalue weighted by molar-refractivity contribution is 5.62. The van der Waals surface area contributed by atoms with E-state index in [1.165, 1.54) is 6.07 Å². The van der Waals surface area contributed by atoms with Crippen LogP contribution in [0.2, 0.25) is 0 Å². The van der Waals surface area contributed by atoms with E-state index in [1.54, 1.807) is 18.3 Å². The molecule has 2 aromatic carbocycles. The molecular formula is C16H15N3O2. The van der Waals surface area contributed by atoms with Crippen molar-refractivity contribution in [2.45, 2.75) is 6.54 Å². The molecule has 0 radical (unpaired) electrons. The van der Waals surface area contributed by atoms with E-state index in [9.17, 15) is 10.2 Å². The summed E-state index contributed by atoms with van der Waals surface area (Å²) in [6.07, 6.45) is 1.72. The third-order valence-electron chi connectivity index (χ3n) is 3.23. The Morgan fingerprint density at radius 2 is 1.76 bits per heavy atom. The van der Waals surface area contributed by atoms with Gasteiger partial charge in [-0.05, 0) is 41.5 Å². The Morgan fingerprint density at radius 1 is 0.952 bits per heavy atom. The number of benzene rings is 2. The van der Waals surface area contributed by atoms with Gasteiger partial charge < -0.3 is 15.5 Å². The van der Waals surface area contributed by atoms with E-state index in [0.717, 1.165) is 22.5 Å². The number of phenols is 2. The second-order valence-corrected chi connectivity index (χ2v) is 4.72. The van der Waals surface area contributed by atoms with Crippen molar-refractivity contribution in [3.63, 3.8) is 0 Å². The third kappa shape index (κ3) is 2.97. The highest BCUT2D eigenvalue weighted by Gasteiger charge is 2.02. The second kappa shape index (κ2) is 5.58. The summed E-state index contributed by atoms with van der Waals surface area (Å²) in [5.41, 5.74) is 3.92. The summed E-state index contributed by atoms with van der Waals surface area (Å²) in [5.74, 6) is -0.216. The van der Waals surface area contributed by atoms with Crippen molar-refractivity contribution in [2.24, 2.45) is 0 Å². The third-order valence-corrected chi connectivity index (χ3v) is 3.23. The Labute approximate surface area is 121 Å². The predicted octanol–water partition coefficient (Wildman–Crippen LogP) is 3.10. The lowest BCUT2D eigenvalue weighted by molar-refractivity contribution is 0.403. The SMILES string of the molecule is Oc1ccc(CNc2ccc(-c3ccn[nH]3)cc2)cc1O. The molecule has 0 aliphatic rings. The lowest BCUT2D eigenvalue weighted by Crippen LogP contribution is -1.98. The highest BCUT2D eigenvalue weighted by atomic mass is 16.3. The molecule has 1 aromatic heterocycles. The molecule has 0 aliphatic carbocycles. The van der Waals surface area contributed by atoms with Crippen LogP contribution in [0, 0.1) is 0 Å². The average Bonchev–Trinajstić information content (AvgIpc) is 3.03. The summed E-state index contributed by atoms with van der Waals surface area (Å²) >= 11 is 0. The molecular weight excluding hydrogens is 266 g/mol. The minimum absolute atomic E-state index is 0.108. The molecule has 0 unspecified atom stereocenters. The van der Waals surface area contributed by atoms with Crippen molar-refractivity contribution in [2.75, 3.05) is 5.32 Å². The van der Waals surface area contributed by atoms with Crippen LogP contribution in [0.1, 0.15) is 5.56 Å². The molecule has 3 aromatic rings. The lowest BCUT2D eigenvalue weighted by atomic mass is 10.1. The molecule has 0 saturated carbocycles. The maximum atomic E-state index is 9.45. The fourth-order valence-corrected chi connectivity index (χ4v) is 2.07. The largest absolute Gasteiger partial charge is 0.504 e. The Balaban J connectivity index is 1.66. The fraction of sp³-hybridized carbons (Fsp3) is 0.0625. The number of nitrogens with one attached hydrogen (secondary N) is 2. The monoisotopic (exact) mass is 281 g/mol. The normalized spacial score (nSPS) is 10.5. The standard InChI is InChI=1S/C16H15N3O2/c20-15-6-1-11(9-16(15)21)10-17-13-4-2-12(3-5-13)14-7-8-18-19-14/h1-9,17,20-21H,10H2,(H,18,19). The molecule has 0 aliphatic heterocycles. The average molecular weight is 281 g/mol. The van der Waals surface area contributed by atoms with E-state index in [-0.39, 0.29) is 11.5 Å².